The van der Waals surface area contributed by atoms with Crippen LogP contribution in [0.15, 0.2) is 28.8 Å². The number of nitrogens with one attached hydrogen (secondary N) is 1. The van der Waals surface area contributed by atoms with Crippen molar-refractivity contribution in [1.82, 2.24) is 10.1 Å². The maximum absolute atomic E-state index is 11.7. The first kappa shape index (κ1) is 11.1. The third kappa shape index (κ3) is 2.57. The zero-order valence-electron chi connectivity index (χ0n) is 8.40. The SMILES string of the molecule is Cc1noc(NC(=O)c2ccc(I)cc2)n1. The average Bonchev–Trinajstić information content (AvgIpc) is 2.65. The van der Waals surface area contributed by atoms with Gasteiger partial charge in [-0.1, -0.05) is 5.16 Å². The second-order valence-corrected chi connectivity index (χ2v) is 4.35. The summed E-state index contributed by atoms with van der Waals surface area (Å²) < 4.78 is 5.86. The first-order chi connectivity index (χ1) is 7.65. The van der Waals surface area contributed by atoms with E-state index in [4.69, 9.17) is 4.52 Å². The van der Waals surface area contributed by atoms with E-state index in [1.165, 1.54) is 0 Å². The van der Waals surface area contributed by atoms with Crippen LogP contribution < -0.4 is 5.32 Å². The van der Waals surface area contributed by atoms with E-state index < -0.39 is 0 Å². The fourth-order valence-electron chi connectivity index (χ4n) is 1.12. The van der Waals surface area contributed by atoms with E-state index in [1.54, 1.807) is 19.1 Å². The topological polar surface area (TPSA) is 68.0 Å². The second kappa shape index (κ2) is 4.60. The molecule has 0 aliphatic rings. The number of hydrogen-bond donors (Lipinski definition) is 1. The molecule has 1 N–H and O–H groups in total. The molecule has 0 aliphatic heterocycles. The minimum Gasteiger partial charge on any atom is -0.315 e. The predicted octanol–water partition coefficient (Wildman–Crippen LogP) is 2.23. The number of aromatic nitrogens is 2. The zero-order valence-corrected chi connectivity index (χ0v) is 10.6. The van der Waals surface area contributed by atoms with E-state index >= 15 is 0 Å². The van der Waals surface area contributed by atoms with Crippen molar-refractivity contribution in [3.63, 3.8) is 0 Å². The molecule has 6 heteroatoms. The Hall–Kier alpha value is -1.44. The number of amides is 1. The molecule has 82 valence electrons. The van der Waals surface area contributed by atoms with Gasteiger partial charge in [0.05, 0.1) is 0 Å². The summed E-state index contributed by atoms with van der Waals surface area (Å²) in [6.07, 6.45) is 0. The van der Waals surface area contributed by atoms with Crippen molar-refractivity contribution in [2.45, 2.75) is 6.92 Å². The molecule has 1 aromatic heterocycles. The van der Waals surface area contributed by atoms with Crippen LogP contribution in [0.4, 0.5) is 6.01 Å². The molecule has 16 heavy (non-hydrogen) atoms. The highest BCUT2D eigenvalue weighted by Gasteiger charge is 2.09. The van der Waals surface area contributed by atoms with Gasteiger partial charge in [-0.05, 0) is 53.8 Å². The van der Waals surface area contributed by atoms with Gasteiger partial charge in [0.2, 0.25) is 0 Å². The van der Waals surface area contributed by atoms with Gasteiger partial charge < -0.3 is 4.52 Å². The van der Waals surface area contributed by atoms with Crippen LogP contribution in [0, 0.1) is 10.5 Å². The first-order valence-electron chi connectivity index (χ1n) is 4.52. The molecule has 5 nitrogen and oxygen atoms in total. The molecule has 0 bridgehead atoms. The standard InChI is InChI=1S/C10H8IN3O2/c1-6-12-10(16-14-6)13-9(15)7-2-4-8(11)5-3-7/h2-5H,1H3,(H,12,13,14,15). The molecule has 2 aromatic rings. The number of anilines is 1. The summed E-state index contributed by atoms with van der Waals surface area (Å²) >= 11 is 2.17. The van der Waals surface area contributed by atoms with Crippen LogP contribution in [-0.2, 0) is 0 Å². The first-order valence-corrected chi connectivity index (χ1v) is 5.60. The number of carbonyl (C=O) groups excluding carboxylic acids is 1. The van der Waals surface area contributed by atoms with E-state index in [0.29, 0.717) is 11.4 Å². The molecule has 1 aromatic carbocycles. The van der Waals surface area contributed by atoms with Gasteiger partial charge in [-0.3, -0.25) is 10.1 Å². The summed E-state index contributed by atoms with van der Waals surface area (Å²) in [5.41, 5.74) is 0.552. The largest absolute Gasteiger partial charge is 0.328 e. The van der Waals surface area contributed by atoms with Crippen molar-refractivity contribution in [2.24, 2.45) is 0 Å². The van der Waals surface area contributed by atoms with Crippen molar-refractivity contribution in [1.29, 1.82) is 0 Å². The van der Waals surface area contributed by atoms with Crippen molar-refractivity contribution in [3.05, 3.63) is 39.2 Å². The Morgan fingerprint density at radius 2 is 2.06 bits per heavy atom. The summed E-state index contributed by atoms with van der Waals surface area (Å²) in [5.74, 6) is 0.220. The van der Waals surface area contributed by atoms with Crippen molar-refractivity contribution in [3.8, 4) is 0 Å². The van der Waals surface area contributed by atoms with E-state index in [-0.39, 0.29) is 11.9 Å². The van der Waals surface area contributed by atoms with E-state index in [1.807, 2.05) is 12.1 Å². The molecule has 1 heterocycles. The van der Waals surface area contributed by atoms with Crippen molar-refractivity contribution < 1.29 is 9.32 Å². The van der Waals surface area contributed by atoms with Crippen LogP contribution in [0.1, 0.15) is 16.2 Å². The molecular weight excluding hydrogens is 321 g/mol. The van der Waals surface area contributed by atoms with Crippen molar-refractivity contribution in [2.75, 3.05) is 5.32 Å². The Bertz CT molecular complexity index is 507. The van der Waals surface area contributed by atoms with Crippen LogP contribution >= 0.6 is 22.6 Å². The molecule has 0 saturated heterocycles. The van der Waals surface area contributed by atoms with Crippen LogP contribution in [0.5, 0.6) is 0 Å². The molecule has 0 unspecified atom stereocenters. The number of hydrogen-bond acceptors (Lipinski definition) is 4. The maximum atomic E-state index is 11.7. The lowest BCUT2D eigenvalue weighted by molar-refractivity contribution is 0.102. The Kier molecular flexibility index (Phi) is 3.18. The Labute approximate surface area is 105 Å². The van der Waals surface area contributed by atoms with Crippen LogP contribution in [0.25, 0.3) is 0 Å². The fraction of sp³-hybridized carbons (Fsp3) is 0.100. The lowest BCUT2D eigenvalue weighted by atomic mass is 10.2. The number of aryl methyl sites for hydroxylation is 1. The molecule has 2 rings (SSSR count). The number of benzene rings is 1. The molecule has 0 radical (unpaired) electrons. The highest BCUT2D eigenvalue weighted by atomic mass is 127. The summed E-state index contributed by atoms with van der Waals surface area (Å²) in [4.78, 5) is 15.6. The normalized spacial score (nSPS) is 10.1. The molecular formula is C10H8IN3O2. The quantitative estimate of drug-likeness (QED) is 0.858. The predicted molar refractivity (Wildman–Crippen MR) is 66.1 cm³/mol. The molecule has 0 spiro atoms. The Balaban J connectivity index is 2.11. The molecule has 0 saturated carbocycles. The Morgan fingerprint density at radius 1 is 1.38 bits per heavy atom. The number of nitrogens with zero attached hydrogens (tertiary/aromatic N) is 2. The zero-order chi connectivity index (χ0) is 11.5. The van der Waals surface area contributed by atoms with E-state index in [9.17, 15) is 4.79 Å². The number of rotatable bonds is 2. The van der Waals surface area contributed by atoms with Gasteiger partial charge in [0.15, 0.2) is 5.82 Å². The van der Waals surface area contributed by atoms with Gasteiger partial charge >= 0.3 is 6.01 Å². The van der Waals surface area contributed by atoms with Crippen LogP contribution in [-0.4, -0.2) is 16.0 Å². The number of halogens is 1. The molecule has 0 fully saturated rings. The van der Waals surface area contributed by atoms with E-state index in [0.717, 1.165) is 3.57 Å². The van der Waals surface area contributed by atoms with Gasteiger partial charge in [0, 0.05) is 9.13 Å². The average molecular weight is 329 g/mol. The van der Waals surface area contributed by atoms with Gasteiger partial charge in [-0.25, -0.2) is 0 Å². The summed E-state index contributed by atoms with van der Waals surface area (Å²) in [6.45, 7) is 1.68. The minimum atomic E-state index is -0.264. The van der Waals surface area contributed by atoms with Gasteiger partial charge in [0.1, 0.15) is 0 Å². The smallest absolute Gasteiger partial charge is 0.315 e. The Morgan fingerprint density at radius 3 is 2.62 bits per heavy atom. The molecule has 0 atom stereocenters. The van der Waals surface area contributed by atoms with Crippen LogP contribution in [0.3, 0.4) is 0 Å². The third-order valence-corrected chi connectivity index (χ3v) is 2.57. The summed E-state index contributed by atoms with van der Waals surface area (Å²) in [7, 11) is 0. The molecule has 0 aliphatic carbocycles. The minimum absolute atomic E-state index is 0.112. The second-order valence-electron chi connectivity index (χ2n) is 3.11. The third-order valence-electron chi connectivity index (χ3n) is 1.85. The highest BCUT2D eigenvalue weighted by molar-refractivity contribution is 14.1. The summed E-state index contributed by atoms with van der Waals surface area (Å²) in [5, 5.41) is 6.09. The van der Waals surface area contributed by atoms with Gasteiger partial charge in [-0.15, -0.1) is 0 Å². The monoisotopic (exact) mass is 329 g/mol. The van der Waals surface area contributed by atoms with Gasteiger partial charge in [0.25, 0.3) is 5.91 Å². The van der Waals surface area contributed by atoms with E-state index in [2.05, 4.69) is 38.0 Å². The molecule has 1 amide bonds. The van der Waals surface area contributed by atoms with Crippen molar-refractivity contribution >= 4 is 34.5 Å². The lowest BCUT2D eigenvalue weighted by Gasteiger charge is -1.99. The maximum Gasteiger partial charge on any atom is 0.328 e. The fourth-order valence-corrected chi connectivity index (χ4v) is 1.48. The van der Waals surface area contributed by atoms with Gasteiger partial charge in [-0.2, -0.15) is 4.98 Å². The van der Waals surface area contributed by atoms with Crippen LogP contribution in [0.2, 0.25) is 0 Å². The summed E-state index contributed by atoms with van der Waals surface area (Å²) in [6, 6.07) is 7.30. The lowest BCUT2D eigenvalue weighted by Crippen LogP contribution is -2.11. The highest BCUT2D eigenvalue weighted by Crippen LogP contribution is 2.09. The number of carbonyl (C=O) groups is 1.